The Kier molecular flexibility index (Phi) is 5.10. The summed E-state index contributed by atoms with van der Waals surface area (Å²) < 4.78 is 40.1. The van der Waals surface area contributed by atoms with E-state index in [9.17, 15) is 22.8 Å². The molecule has 0 bridgehead atoms. The maximum Gasteiger partial charge on any atom is 0.418 e. The Morgan fingerprint density at radius 2 is 1.92 bits per heavy atom. The second-order valence-electron chi connectivity index (χ2n) is 5.48. The van der Waals surface area contributed by atoms with Gasteiger partial charge in [-0.3, -0.25) is 9.59 Å². The average molecular weight is 356 g/mol. The smallest absolute Gasteiger partial charge is 0.418 e. The molecule has 2 rings (SSSR count). The number of hydrogen-bond acceptors (Lipinski definition) is 4. The minimum atomic E-state index is -4.60. The number of rotatable bonds is 5. The Bertz CT molecular complexity index is 786. The van der Waals surface area contributed by atoms with Crippen LogP contribution in [0.2, 0.25) is 0 Å². The Labute approximate surface area is 140 Å². The van der Waals surface area contributed by atoms with Crippen LogP contribution in [0.3, 0.4) is 0 Å². The summed E-state index contributed by atoms with van der Waals surface area (Å²) in [4.78, 5) is 24.3. The molecule has 0 unspecified atom stereocenters. The van der Waals surface area contributed by atoms with E-state index in [0.29, 0.717) is 0 Å². The van der Waals surface area contributed by atoms with Crippen LogP contribution in [0.4, 0.5) is 13.2 Å². The monoisotopic (exact) mass is 356 g/mol. The molecule has 0 atom stereocenters. The summed E-state index contributed by atoms with van der Waals surface area (Å²) in [7, 11) is 0. The number of benzene rings is 1. The first-order valence-corrected chi connectivity index (χ1v) is 7.23. The molecule has 0 radical (unpaired) electrons. The highest BCUT2D eigenvalue weighted by atomic mass is 19.4. The fraction of sp³-hybridized carbons (Fsp3) is 0.333. The molecule has 1 aromatic carbocycles. The van der Waals surface area contributed by atoms with E-state index in [1.807, 2.05) is 0 Å². The molecular weight excluding hydrogens is 341 g/mol. The standard InChI is InChI=1S/C15H15F3N4O3/c1-9(2)21(8-13(23)24)14(25)11-7-22(20-19-11)12-6-4-3-5-10(12)15(16,17)18/h3-7,9H,8H2,1-2H3,(H,23,24). The number of aromatic nitrogens is 3. The highest BCUT2D eigenvalue weighted by Gasteiger charge is 2.34. The molecule has 0 aliphatic rings. The lowest BCUT2D eigenvalue weighted by Crippen LogP contribution is -2.40. The van der Waals surface area contributed by atoms with Gasteiger partial charge in [0, 0.05) is 6.04 Å². The maximum absolute atomic E-state index is 13.1. The molecule has 1 aromatic heterocycles. The lowest BCUT2D eigenvalue weighted by atomic mass is 10.1. The summed E-state index contributed by atoms with van der Waals surface area (Å²) in [6.45, 7) is 2.68. The van der Waals surface area contributed by atoms with E-state index >= 15 is 0 Å². The second kappa shape index (κ2) is 6.91. The lowest BCUT2D eigenvalue weighted by molar-refractivity contribution is -0.138. The molecule has 25 heavy (non-hydrogen) atoms. The molecule has 0 fully saturated rings. The van der Waals surface area contributed by atoms with Gasteiger partial charge in [-0.25, -0.2) is 4.68 Å². The van der Waals surface area contributed by atoms with Gasteiger partial charge in [0.1, 0.15) is 6.54 Å². The van der Waals surface area contributed by atoms with Crippen LogP contribution in [-0.4, -0.2) is 49.5 Å². The topological polar surface area (TPSA) is 88.3 Å². The molecule has 0 saturated heterocycles. The largest absolute Gasteiger partial charge is 0.480 e. The van der Waals surface area contributed by atoms with Crippen molar-refractivity contribution >= 4 is 11.9 Å². The van der Waals surface area contributed by atoms with Crippen LogP contribution < -0.4 is 0 Å². The van der Waals surface area contributed by atoms with Crippen LogP contribution in [0.5, 0.6) is 0 Å². The van der Waals surface area contributed by atoms with Gasteiger partial charge < -0.3 is 10.0 Å². The molecule has 1 amide bonds. The number of carbonyl (C=O) groups excluding carboxylic acids is 1. The van der Waals surface area contributed by atoms with Crippen LogP contribution in [0.15, 0.2) is 30.5 Å². The zero-order valence-corrected chi connectivity index (χ0v) is 13.4. The van der Waals surface area contributed by atoms with Gasteiger partial charge in [0.2, 0.25) is 0 Å². The van der Waals surface area contributed by atoms with Crippen molar-refractivity contribution in [3.63, 3.8) is 0 Å². The fourth-order valence-corrected chi connectivity index (χ4v) is 2.17. The van der Waals surface area contributed by atoms with Crippen molar-refractivity contribution < 1.29 is 27.9 Å². The Morgan fingerprint density at radius 3 is 2.48 bits per heavy atom. The van der Waals surface area contributed by atoms with Gasteiger partial charge in [-0.2, -0.15) is 13.2 Å². The van der Waals surface area contributed by atoms with Crippen LogP contribution >= 0.6 is 0 Å². The van der Waals surface area contributed by atoms with E-state index in [1.54, 1.807) is 13.8 Å². The highest BCUT2D eigenvalue weighted by molar-refractivity contribution is 5.94. The van der Waals surface area contributed by atoms with E-state index in [-0.39, 0.29) is 11.4 Å². The van der Waals surface area contributed by atoms with Gasteiger partial charge in [-0.05, 0) is 26.0 Å². The first-order valence-electron chi connectivity index (χ1n) is 7.23. The molecule has 0 aliphatic heterocycles. The number of hydrogen-bond donors (Lipinski definition) is 1. The van der Waals surface area contributed by atoms with Gasteiger partial charge in [-0.15, -0.1) is 5.10 Å². The van der Waals surface area contributed by atoms with Crippen molar-refractivity contribution in [2.45, 2.75) is 26.1 Å². The van der Waals surface area contributed by atoms with Gasteiger partial charge in [-0.1, -0.05) is 17.3 Å². The van der Waals surface area contributed by atoms with E-state index in [4.69, 9.17) is 5.11 Å². The van der Waals surface area contributed by atoms with Gasteiger partial charge in [0.25, 0.3) is 5.91 Å². The summed E-state index contributed by atoms with van der Waals surface area (Å²) in [5, 5.41) is 16.0. The molecular formula is C15H15F3N4O3. The number of aliphatic carboxylic acids is 1. The lowest BCUT2D eigenvalue weighted by Gasteiger charge is -2.23. The zero-order valence-electron chi connectivity index (χ0n) is 13.4. The van der Waals surface area contributed by atoms with Crippen molar-refractivity contribution in [3.8, 4) is 5.69 Å². The van der Waals surface area contributed by atoms with Crippen LogP contribution in [0.25, 0.3) is 5.69 Å². The first kappa shape index (κ1) is 18.4. The summed E-state index contributed by atoms with van der Waals surface area (Å²) in [6, 6.07) is 4.30. The summed E-state index contributed by atoms with van der Waals surface area (Å²) in [5.74, 6) is -1.94. The number of alkyl halides is 3. The van der Waals surface area contributed by atoms with Crippen molar-refractivity contribution in [1.82, 2.24) is 19.9 Å². The Balaban J connectivity index is 2.38. The quantitative estimate of drug-likeness (QED) is 0.887. The third-order valence-corrected chi connectivity index (χ3v) is 3.36. The van der Waals surface area contributed by atoms with E-state index in [2.05, 4.69) is 10.3 Å². The number of halogens is 3. The number of nitrogens with zero attached hydrogens (tertiary/aromatic N) is 4. The number of para-hydroxylation sites is 1. The van der Waals surface area contributed by atoms with Gasteiger partial charge >= 0.3 is 12.1 Å². The van der Waals surface area contributed by atoms with Crippen LogP contribution in [0, 0.1) is 0 Å². The van der Waals surface area contributed by atoms with Crippen LogP contribution in [0.1, 0.15) is 29.9 Å². The number of carboxylic acids is 1. The molecule has 0 aliphatic carbocycles. The van der Waals surface area contributed by atoms with E-state index < -0.39 is 36.2 Å². The molecule has 2 aromatic rings. The van der Waals surface area contributed by atoms with Crippen molar-refractivity contribution in [3.05, 3.63) is 41.7 Å². The molecule has 1 N–H and O–H groups in total. The maximum atomic E-state index is 13.1. The van der Waals surface area contributed by atoms with Crippen molar-refractivity contribution in [1.29, 1.82) is 0 Å². The van der Waals surface area contributed by atoms with Crippen LogP contribution in [-0.2, 0) is 11.0 Å². The zero-order chi connectivity index (χ0) is 18.8. The Morgan fingerprint density at radius 1 is 1.28 bits per heavy atom. The minimum absolute atomic E-state index is 0.244. The number of carbonyl (C=O) groups is 2. The predicted molar refractivity (Wildman–Crippen MR) is 80.2 cm³/mol. The van der Waals surface area contributed by atoms with Gasteiger partial charge in [0.15, 0.2) is 5.69 Å². The fourth-order valence-electron chi connectivity index (χ4n) is 2.17. The number of amides is 1. The Hall–Kier alpha value is -2.91. The van der Waals surface area contributed by atoms with E-state index in [0.717, 1.165) is 21.8 Å². The summed E-state index contributed by atoms with van der Waals surface area (Å²) in [6.07, 6.45) is -3.55. The third kappa shape index (κ3) is 4.14. The van der Waals surface area contributed by atoms with Gasteiger partial charge in [0.05, 0.1) is 17.4 Å². The normalized spacial score (nSPS) is 11.6. The van der Waals surface area contributed by atoms with E-state index in [1.165, 1.54) is 18.2 Å². The molecule has 134 valence electrons. The predicted octanol–water partition coefficient (Wildman–Crippen LogP) is 2.22. The molecule has 7 nitrogen and oxygen atoms in total. The summed E-state index contributed by atoms with van der Waals surface area (Å²) >= 11 is 0. The first-order chi connectivity index (χ1) is 11.6. The average Bonchev–Trinajstić information content (AvgIpc) is 3.00. The highest BCUT2D eigenvalue weighted by Crippen LogP contribution is 2.33. The van der Waals surface area contributed by atoms with Crippen molar-refractivity contribution in [2.75, 3.05) is 6.54 Å². The molecule has 0 saturated carbocycles. The third-order valence-electron chi connectivity index (χ3n) is 3.36. The van der Waals surface area contributed by atoms with Crippen molar-refractivity contribution in [2.24, 2.45) is 0 Å². The SMILES string of the molecule is CC(C)N(CC(=O)O)C(=O)c1cn(-c2ccccc2C(F)(F)F)nn1. The minimum Gasteiger partial charge on any atom is -0.480 e. The molecule has 1 heterocycles. The molecule has 10 heteroatoms. The summed E-state index contributed by atoms with van der Waals surface area (Å²) in [5.41, 5.74) is -1.45. The number of carboxylic acid groups (broad SMARTS) is 1. The molecule has 0 spiro atoms. The second-order valence-corrected chi connectivity index (χ2v) is 5.48.